The van der Waals surface area contributed by atoms with Crippen LogP contribution in [0.1, 0.15) is 30.0 Å². The Kier molecular flexibility index (Phi) is 8.26. The van der Waals surface area contributed by atoms with Gasteiger partial charge in [0.25, 0.3) is 0 Å². The standard InChI is InChI=1S/C13H23NO2S/c1-3-7-14-10-12-5-6-13(17-12)11-16-9-8-15-4-2/h5-6,14H,3-4,7-11H2,1-2H3. The molecule has 1 rings (SSSR count). The van der Waals surface area contributed by atoms with Gasteiger partial charge < -0.3 is 14.8 Å². The van der Waals surface area contributed by atoms with E-state index in [9.17, 15) is 0 Å². The van der Waals surface area contributed by atoms with Gasteiger partial charge in [-0.05, 0) is 32.0 Å². The highest BCUT2D eigenvalue weighted by atomic mass is 32.1. The second-order valence-corrected chi connectivity index (χ2v) is 5.05. The summed E-state index contributed by atoms with van der Waals surface area (Å²) in [6, 6.07) is 4.32. The second kappa shape index (κ2) is 9.59. The molecule has 3 nitrogen and oxygen atoms in total. The molecule has 0 aliphatic rings. The van der Waals surface area contributed by atoms with E-state index in [0.29, 0.717) is 19.8 Å². The molecule has 0 aromatic carbocycles. The van der Waals surface area contributed by atoms with Gasteiger partial charge >= 0.3 is 0 Å². The van der Waals surface area contributed by atoms with Gasteiger partial charge in [-0.1, -0.05) is 6.92 Å². The van der Waals surface area contributed by atoms with Crippen molar-refractivity contribution >= 4 is 11.3 Å². The summed E-state index contributed by atoms with van der Waals surface area (Å²) in [6.07, 6.45) is 1.18. The lowest BCUT2D eigenvalue weighted by Crippen LogP contribution is -2.12. The maximum atomic E-state index is 5.53. The summed E-state index contributed by atoms with van der Waals surface area (Å²) in [4.78, 5) is 2.66. The fourth-order valence-corrected chi connectivity index (χ4v) is 2.34. The minimum atomic E-state index is 0.676. The van der Waals surface area contributed by atoms with Gasteiger partial charge in [0.15, 0.2) is 0 Å². The van der Waals surface area contributed by atoms with Gasteiger partial charge in [-0.15, -0.1) is 11.3 Å². The summed E-state index contributed by atoms with van der Waals surface area (Å²) < 4.78 is 10.7. The third-order valence-corrected chi connectivity index (χ3v) is 3.32. The molecule has 1 heterocycles. The lowest BCUT2D eigenvalue weighted by molar-refractivity contribution is 0.0462. The number of rotatable bonds is 10. The van der Waals surface area contributed by atoms with Crippen molar-refractivity contribution in [1.82, 2.24) is 5.32 Å². The van der Waals surface area contributed by atoms with Gasteiger partial charge in [-0.25, -0.2) is 0 Å². The Bertz CT molecular complexity index is 289. The third-order valence-electron chi connectivity index (χ3n) is 2.26. The zero-order chi connectivity index (χ0) is 12.3. The van der Waals surface area contributed by atoms with Gasteiger partial charge in [-0.2, -0.15) is 0 Å². The number of hydrogen-bond acceptors (Lipinski definition) is 4. The molecule has 0 aliphatic heterocycles. The number of ether oxygens (including phenoxy) is 2. The van der Waals surface area contributed by atoms with E-state index in [2.05, 4.69) is 24.4 Å². The largest absolute Gasteiger partial charge is 0.379 e. The lowest BCUT2D eigenvalue weighted by atomic mass is 10.4. The number of thiophene rings is 1. The fraction of sp³-hybridized carbons (Fsp3) is 0.692. The van der Waals surface area contributed by atoms with Crippen LogP contribution in [0.3, 0.4) is 0 Å². The molecule has 4 heteroatoms. The molecular formula is C13H23NO2S. The van der Waals surface area contributed by atoms with Gasteiger partial charge in [0, 0.05) is 22.9 Å². The van der Waals surface area contributed by atoms with Crippen LogP contribution in [-0.2, 0) is 22.6 Å². The molecule has 0 saturated heterocycles. The van der Waals surface area contributed by atoms with E-state index >= 15 is 0 Å². The van der Waals surface area contributed by atoms with Crippen LogP contribution in [0.15, 0.2) is 12.1 Å². The summed E-state index contributed by atoms with van der Waals surface area (Å²) in [7, 11) is 0. The first kappa shape index (κ1) is 14.6. The Balaban J connectivity index is 2.12. The summed E-state index contributed by atoms with van der Waals surface area (Å²) in [5.74, 6) is 0. The summed E-state index contributed by atoms with van der Waals surface area (Å²) >= 11 is 1.82. The highest BCUT2D eigenvalue weighted by Crippen LogP contribution is 2.17. The zero-order valence-electron chi connectivity index (χ0n) is 10.8. The van der Waals surface area contributed by atoms with Crippen LogP contribution < -0.4 is 5.32 Å². The Morgan fingerprint density at radius 2 is 1.88 bits per heavy atom. The Morgan fingerprint density at radius 3 is 2.65 bits per heavy atom. The highest BCUT2D eigenvalue weighted by molar-refractivity contribution is 7.11. The van der Waals surface area contributed by atoms with E-state index in [1.165, 1.54) is 16.2 Å². The van der Waals surface area contributed by atoms with Crippen LogP contribution >= 0.6 is 11.3 Å². The van der Waals surface area contributed by atoms with Crippen molar-refractivity contribution < 1.29 is 9.47 Å². The molecule has 0 spiro atoms. The van der Waals surface area contributed by atoms with Gasteiger partial charge in [-0.3, -0.25) is 0 Å². The van der Waals surface area contributed by atoms with Crippen LogP contribution in [0, 0.1) is 0 Å². The van der Waals surface area contributed by atoms with Crippen LogP contribution in [0.25, 0.3) is 0 Å². The molecule has 0 atom stereocenters. The molecule has 0 fully saturated rings. The minimum Gasteiger partial charge on any atom is -0.379 e. The molecule has 0 saturated carbocycles. The minimum absolute atomic E-state index is 0.676. The lowest BCUT2D eigenvalue weighted by Gasteiger charge is -2.02. The third kappa shape index (κ3) is 6.78. The smallest absolute Gasteiger partial charge is 0.0810 e. The Labute approximate surface area is 108 Å². The van der Waals surface area contributed by atoms with Crippen molar-refractivity contribution in [3.05, 3.63) is 21.9 Å². The maximum Gasteiger partial charge on any atom is 0.0810 e. The van der Waals surface area contributed by atoms with Crippen molar-refractivity contribution in [2.75, 3.05) is 26.4 Å². The molecule has 17 heavy (non-hydrogen) atoms. The van der Waals surface area contributed by atoms with Crippen molar-refractivity contribution in [2.24, 2.45) is 0 Å². The molecule has 1 N–H and O–H groups in total. The monoisotopic (exact) mass is 257 g/mol. The van der Waals surface area contributed by atoms with E-state index < -0.39 is 0 Å². The van der Waals surface area contributed by atoms with Crippen molar-refractivity contribution in [1.29, 1.82) is 0 Å². The molecule has 0 radical (unpaired) electrons. The molecule has 0 aliphatic carbocycles. The van der Waals surface area contributed by atoms with Crippen molar-refractivity contribution in [3.8, 4) is 0 Å². The Morgan fingerprint density at radius 1 is 1.12 bits per heavy atom. The molecular weight excluding hydrogens is 234 g/mol. The van der Waals surface area contributed by atoms with Gasteiger partial charge in [0.05, 0.1) is 19.8 Å². The molecule has 1 aromatic rings. The van der Waals surface area contributed by atoms with E-state index in [4.69, 9.17) is 9.47 Å². The second-order valence-electron chi connectivity index (χ2n) is 3.79. The summed E-state index contributed by atoms with van der Waals surface area (Å²) in [6.45, 7) is 9.05. The summed E-state index contributed by atoms with van der Waals surface area (Å²) in [5, 5.41) is 3.40. The van der Waals surface area contributed by atoms with Gasteiger partial charge in [0.1, 0.15) is 0 Å². The topological polar surface area (TPSA) is 30.5 Å². The maximum absolute atomic E-state index is 5.53. The first-order chi connectivity index (χ1) is 8.36. The molecule has 0 unspecified atom stereocenters. The van der Waals surface area contributed by atoms with Gasteiger partial charge in [0.2, 0.25) is 0 Å². The van der Waals surface area contributed by atoms with Crippen molar-refractivity contribution in [2.45, 2.75) is 33.4 Å². The Hall–Kier alpha value is -0.420. The first-order valence-electron chi connectivity index (χ1n) is 6.30. The number of nitrogens with one attached hydrogen (secondary N) is 1. The van der Waals surface area contributed by atoms with Crippen LogP contribution in [0.2, 0.25) is 0 Å². The zero-order valence-corrected chi connectivity index (χ0v) is 11.6. The molecule has 1 aromatic heterocycles. The van der Waals surface area contributed by atoms with Crippen molar-refractivity contribution in [3.63, 3.8) is 0 Å². The predicted octanol–water partition coefficient (Wildman–Crippen LogP) is 2.80. The summed E-state index contributed by atoms with van der Waals surface area (Å²) in [5.41, 5.74) is 0. The highest BCUT2D eigenvalue weighted by Gasteiger charge is 2.00. The normalized spacial score (nSPS) is 10.9. The van der Waals surface area contributed by atoms with E-state index in [-0.39, 0.29) is 0 Å². The fourth-order valence-electron chi connectivity index (χ4n) is 1.42. The van der Waals surface area contributed by atoms with E-state index in [1.807, 2.05) is 18.3 Å². The van der Waals surface area contributed by atoms with Crippen LogP contribution in [0.4, 0.5) is 0 Å². The first-order valence-corrected chi connectivity index (χ1v) is 7.12. The van der Waals surface area contributed by atoms with E-state index in [1.54, 1.807) is 0 Å². The molecule has 98 valence electrons. The SMILES string of the molecule is CCCNCc1ccc(COCCOCC)s1. The van der Waals surface area contributed by atoms with Crippen LogP contribution in [-0.4, -0.2) is 26.4 Å². The average Bonchev–Trinajstić information content (AvgIpc) is 2.77. The predicted molar refractivity (Wildman–Crippen MR) is 72.5 cm³/mol. The quantitative estimate of drug-likeness (QED) is 0.654. The molecule has 0 amide bonds. The number of hydrogen-bond donors (Lipinski definition) is 1. The average molecular weight is 257 g/mol. The molecule has 0 bridgehead atoms. The van der Waals surface area contributed by atoms with E-state index in [0.717, 1.165) is 19.7 Å². The van der Waals surface area contributed by atoms with Crippen LogP contribution in [0.5, 0.6) is 0 Å².